The number of esters is 1. The maximum absolute atomic E-state index is 12.0. The Hall–Kier alpha value is -0.380. The molecule has 0 bridgehead atoms. The molecule has 0 radical (unpaired) electrons. The van der Waals surface area contributed by atoms with Crippen LogP contribution in [0, 0.1) is 0 Å². The van der Waals surface area contributed by atoms with Crippen molar-refractivity contribution in [3.05, 3.63) is 0 Å². The van der Waals surface area contributed by atoms with Gasteiger partial charge in [-0.1, -0.05) is 65.7 Å². The topological polar surface area (TPSA) is 83.8 Å². The van der Waals surface area contributed by atoms with Gasteiger partial charge in [0.05, 0.1) is 11.8 Å². The molecule has 6 heteroatoms. The van der Waals surface area contributed by atoms with E-state index in [0.29, 0.717) is 19.4 Å². The summed E-state index contributed by atoms with van der Waals surface area (Å²) in [6.07, 6.45) is 9.22. The molecule has 0 amide bonds. The summed E-state index contributed by atoms with van der Waals surface area (Å²) in [5, 5.41) is -1.08. The third kappa shape index (κ3) is 9.19. The van der Waals surface area contributed by atoms with Crippen LogP contribution in [-0.2, 0) is 14.1 Å². The van der Waals surface area contributed by atoms with E-state index in [0.717, 1.165) is 51.4 Å². The highest BCUT2D eigenvalue weighted by Crippen LogP contribution is 2.57. The minimum absolute atomic E-state index is 0.0838. The summed E-state index contributed by atoms with van der Waals surface area (Å²) in [4.78, 5) is 31.5. The van der Waals surface area contributed by atoms with Gasteiger partial charge in [-0.25, -0.2) is 0 Å². The van der Waals surface area contributed by atoms with Crippen LogP contribution in [0.1, 0.15) is 97.8 Å². The molecule has 0 rings (SSSR count). The Morgan fingerprint density at radius 3 is 2.00 bits per heavy atom. The van der Waals surface area contributed by atoms with Gasteiger partial charge in [0.2, 0.25) is 0 Å². The molecule has 0 saturated heterocycles. The summed E-state index contributed by atoms with van der Waals surface area (Å²) < 4.78 is 17.2. The molecule has 0 spiro atoms. The average Bonchev–Trinajstić information content (AvgIpc) is 2.53. The maximum Gasteiger partial charge on any atom is 0.331 e. The van der Waals surface area contributed by atoms with Crippen LogP contribution in [0.3, 0.4) is 0 Å². The molecule has 0 aliphatic carbocycles. The van der Waals surface area contributed by atoms with Crippen molar-refractivity contribution in [3.63, 3.8) is 0 Å². The van der Waals surface area contributed by atoms with E-state index in [9.17, 15) is 19.1 Å². The van der Waals surface area contributed by atoms with Crippen LogP contribution in [0.4, 0.5) is 0 Å². The summed E-state index contributed by atoms with van der Waals surface area (Å²) in [7, 11) is -4.26. The van der Waals surface area contributed by atoms with E-state index in [1.807, 2.05) is 0 Å². The molecule has 0 aliphatic rings. The molecule has 0 saturated carbocycles. The fraction of sp³-hybridized carbons (Fsp3) is 0.944. The molecule has 0 aromatic rings. The minimum Gasteiger partial charge on any atom is -0.466 e. The first-order valence-corrected chi connectivity index (χ1v) is 11.2. The molecule has 1 unspecified atom stereocenters. The highest BCUT2D eigenvalue weighted by molar-refractivity contribution is 7.53. The van der Waals surface area contributed by atoms with E-state index in [-0.39, 0.29) is 18.8 Å². The zero-order chi connectivity index (χ0) is 18.5. The van der Waals surface area contributed by atoms with Crippen molar-refractivity contribution in [1.82, 2.24) is 0 Å². The van der Waals surface area contributed by atoms with Gasteiger partial charge in [0.15, 0.2) is 0 Å². The van der Waals surface area contributed by atoms with E-state index < -0.39 is 12.8 Å². The third-order valence-corrected chi connectivity index (χ3v) is 6.83. The number of carbonyl (C=O) groups excluding carboxylic acids is 1. The lowest BCUT2D eigenvalue weighted by atomic mass is 9.92. The van der Waals surface area contributed by atoms with Crippen LogP contribution in [0.25, 0.3) is 0 Å². The second-order valence-electron chi connectivity index (χ2n) is 6.71. The van der Waals surface area contributed by atoms with Gasteiger partial charge in [0, 0.05) is 6.42 Å². The van der Waals surface area contributed by atoms with Gasteiger partial charge < -0.3 is 14.5 Å². The molecule has 1 atom stereocenters. The Kier molecular flexibility index (Phi) is 12.7. The quantitative estimate of drug-likeness (QED) is 0.237. The van der Waals surface area contributed by atoms with E-state index in [1.165, 1.54) is 0 Å². The van der Waals surface area contributed by atoms with Crippen molar-refractivity contribution in [1.29, 1.82) is 0 Å². The Morgan fingerprint density at radius 1 is 0.917 bits per heavy atom. The van der Waals surface area contributed by atoms with Gasteiger partial charge in [-0.15, -0.1) is 0 Å². The normalized spacial score (nSPS) is 14.4. The number of rotatable bonds is 15. The molecule has 24 heavy (non-hydrogen) atoms. The molecule has 0 fully saturated rings. The molecule has 144 valence electrons. The van der Waals surface area contributed by atoms with Crippen LogP contribution in [0.5, 0.6) is 0 Å². The van der Waals surface area contributed by atoms with E-state index >= 15 is 0 Å². The predicted molar refractivity (Wildman–Crippen MR) is 98.2 cm³/mol. The second kappa shape index (κ2) is 12.9. The van der Waals surface area contributed by atoms with Gasteiger partial charge in [-0.3, -0.25) is 9.36 Å². The Bertz CT molecular complexity index is 380. The molecule has 0 heterocycles. The van der Waals surface area contributed by atoms with Crippen LogP contribution in [-0.4, -0.2) is 27.5 Å². The predicted octanol–water partition coefficient (Wildman–Crippen LogP) is 5.19. The monoisotopic (exact) mass is 364 g/mol. The zero-order valence-electron chi connectivity index (χ0n) is 15.8. The largest absolute Gasteiger partial charge is 0.466 e. The Balaban J connectivity index is 4.44. The van der Waals surface area contributed by atoms with Crippen molar-refractivity contribution < 1.29 is 23.9 Å². The minimum atomic E-state index is -4.26. The standard InChI is InChI=1S/C18H37O5P/c1-4-7-9-11-14-18(6-3,24(20,21)22)15-13-17(19)23-16-12-10-8-5-2/h4-16H2,1-3H3,(H2,20,21,22). The van der Waals surface area contributed by atoms with Crippen LogP contribution >= 0.6 is 7.60 Å². The van der Waals surface area contributed by atoms with E-state index in [2.05, 4.69) is 13.8 Å². The smallest absolute Gasteiger partial charge is 0.331 e. The highest BCUT2D eigenvalue weighted by atomic mass is 31.2. The van der Waals surface area contributed by atoms with Crippen LogP contribution in [0.15, 0.2) is 0 Å². The average molecular weight is 364 g/mol. The first-order valence-electron chi connectivity index (χ1n) is 9.54. The molecule has 0 aromatic heterocycles. The molecule has 5 nitrogen and oxygen atoms in total. The fourth-order valence-electron chi connectivity index (χ4n) is 2.98. The van der Waals surface area contributed by atoms with Crippen molar-refractivity contribution in [2.24, 2.45) is 0 Å². The van der Waals surface area contributed by atoms with Crippen molar-refractivity contribution >= 4 is 13.6 Å². The Morgan fingerprint density at radius 2 is 1.50 bits per heavy atom. The summed E-state index contributed by atoms with van der Waals surface area (Å²) >= 11 is 0. The lowest BCUT2D eigenvalue weighted by Gasteiger charge is -2.33. The van der Waals surface area contributed by atoms with Gasteiger partial charge in [0.1, 0.15) is 0 Å². The maximum atomic E-state index is 12.0. The van der Waals surface area contributed by atoms with Gasteiger partial charge >= 0.3 is 13.6 Å². The molecular formula is C18H37O5P. The lowest BCUT2D eigenvalue weighted by molar-refractivity contribution is -0.144. The van der Waals surface area contributed by atoms with E-state index in [4.69, 9.17) is 4.74 Å². The number of ether oxygens (including phenoxy) is 1. The van der Waals surface area contributed by atoms with Crippen molar-refractivity contribution in [2.75, 3.05) is 6.61 Å². The molecular weight excluding hydrogens is 327 g/mol. The van der Waals surface area contributed by atoms with Crippen molar-refractivity contribution in [2.45, 2.75) is 103 Å². The lowest BCUT2D eigenvalue weighted by Crippen LogP contribution is -2.29. The Labute approximate surface area is 147 Å². The molecule has 0 aliphatic heterocycles. The first kappa shape index (κ1) is 23.6. The molecule has 0 aromatic carbocycles. The second-order valence-corrected chi connectivity index (χ2v) is 8.75. The zero-order valence-corrected chi connectivity index (χ0v) is 16.7. The third-order valence-electron chi connectivity index (χ3n) is 4.83. The summed E-state index contributed by atoms with van der Waals surface area (Å²) in [5.74, 6) is -0.341. The first-order chi connectivity index (χ1) is 11.3. The SMILES string of the molecule is CCCCCCOC(=O)CCC(CC)(CCCCCC)P(=O)(O)O. The fourth-order valence-corrected chi connectivity index (χ4v) is 4.24. The highest BCUT2D eigenvalue weighted by Gasteiger charge is 2.44. The van der Waals surface area contributed by atoms with Crippen LogP contribution < -0.4 is 0 Å². The van der Waals surface area contributed by atoms with Crippen LogP contribution in [0.2, 0.25) is 0 Å². The summed E-state index contributed by atoms with van der Waals surface area (Å²) in [6, 6.07) is 0. The van der Waals surface area contributed by atoms with Gasteiger partial charge in [-0.2, -0.15) is 0 Å². The number of carbonyl (C=O) groups is 1. The number of unbranched alkanes of at least 4 members (excludes halogenated alkanes) is 6. The summed E-state index contributed by atoms with van der Waals surface area (Å²) in [6.45, 7) is 6.44. The van der Waals surface area contributed by atoms with Gasteiger partial charge in [-0.05, 0) is 25.7 Å². The summed E-state index contributed by atoms with van der Waals surface area (Å²) in [5.41, 5.74) is 0. The van der Waals surface area contributed by atoms with E-state index in [1.54, 1.807) is 6.92 Å². The van der Waals surface area contributed by atoms with Crippen molar-refractivity contribution in [3.8, 4) is 0 Å². The number of hydrogen-bond acceptors (Lipinski definition) is 3. The molecule has 2 N–H and O–H groups in total. The van der Waals surface area contributed by atoms with Gasteiger partial charge in [0.25, 0.3) is 0 Å². The number of hydrogen-bond donors (Lipinski definition) is 2.